The van der Waals surface area contributed by atoms with E-state index in [2.05, 4.69) is 6.07 Å². The van der Waals surface area contributed by atoms with E-state index in [1.165, 1.54) is 11.3 Å². The number of nitrogens with zero attached hydrogens (tertiary/aromatic N) is 1. The number of carbonyl (C=O) groups excluding carboxylic acids is 1. The first kappa shape index (κ1) is 15.8. The second-order valence-corrected chi connectivity index (χ2v) is 7.83. The van der Waals surface area contributed by atoms with E-state index in [0.29, 0.717) is 19.1 Å². The minimum absolute atomic E-state index is 0.0129. The quantitative estimate of drug-likeness (QED) is 0.785. The summed E-state index contributed by atoms with van der Waals surface area (Å²) in [5, 5.41) is 0.913. The lowest BCUT2D eigenvalue weighted by Gasteiger charge is -2.36. The SMILES string of the molecule is CCOC(=O)Cn1c2c(sc1=O)[C@H]1c3ccccc3OC[C@H]1CS2. The fourth-order valence-electron chi connectivity index (χ4n) is 3.33. The first-order valence-electron chi connectivity index (χ1n) is 7.92. The molecule has 2 aliphatic heterocycles. The smallest absolute Gasteiger partial charge is 0.326 e. The van der Waals surface area contributed by atoms with Crippen molar-refractivity contribution in [2.75, 3.05) is 19.0 Å². The van der Waals surface area contributed by atoms with Gasteiger partial charge in [-0.2, -0.15) is 0 Å². The maximum absolute atomic E-state index is 12.5. The van der Waals surface area contributed by atoms with Crippen LogP contribution in [0.2, 0.25) is 0 Å². The molecule has 126 valence electrons. The van der Waals surface area contributed by atoms with Gasteiger partial charge >= 0.3 is 10.8 Å². The van der Waals surface area contributed by atoms with Crippen molar-refractivity contribution in [3.8, 4) is 5.75 Å². The van der Waals surface area contributed by atoms with Gasteiger partial charge in [-0.1, -0.05) is 29.5 Å². The highest BCUT2D eigenvalue weighted by Crippen LogP contribution is 2.50. The second kappa shape index (κ2) is 6.29. The van der Waals surface area contributed by atoms with Gasteiger partial charge in [0.2, 0.25) is 0 Å². The van der Waals surface area contributed by atoms with Crippen molar-refractivity contribution in [3.05, 3.63) is 44.4 Å². The molecule has 7 heteroatoms. The van der Waals surface area contributed by atoms with E-state index in [1.807, 2.05) is 18.2 Å². The third-order valence-electron chi connectivity index (χ3n) is 4.36. The number of thiazole rings is 1. The molecular weight excluding hydrogens is 346 g/mol. The number of thioether (sulfide) groups is 1. The number of rotatable bonds is 3. The summed E-state index contributed by atoms with van der Waals surface area (Å²) >= 11 is 2.89. The fraction of sp³-hybridized carbons (Fsp3) is 0.412. The van der Waals surface area contributed by atoms with Crippen LogP contribution >= 0.6 is 23.1 Å². The summed E-state index contributed by atoms with van der Waals surface area (Å²) < 4.78 is 12.4. The van der Waals surface area contributed by atoms with Crippen molar-refractivity contribution in [2.24, 2.45) is 5.92 Å². The van der Waals surface area contributed by atoms with Crippen LogP contribution in [0.3, 0.4) is 0 Å². The van der Waals surface area contributed by atoms with Crippen molar-refractivity contribution in [2.45, 2.75) is 24.4 Å². The van der Waals surface area contributed by atoms with Gasteiger partial charge in [0.25, 0.3) is 0 Å². The number of hydrogen-bond donors (Lipinski definition) is 0. The molecule has 0 N–H and O–H groups in total. The highest BCUT2D eigenvalue weighted by molar-refractivity contribution is 7.99. The predicted octanol–water partition coefficient (Wildman–Crippen LogP) is 2.72. The second-order valence-electron chi connectivity index (χ2n) is 5.83. The molecule has 24 heavy (non-hydrogen) atoms. The molecule has 0 bridgehead atoms. The number of carbonyl (C=O) groups is 1. The molecule has 5 nitrogen and oxygen atoms in total. The van der Waals surface area contributed by atoms with Gasteiger partial charge < -0.3 is 9.47 Å². The van der Waals surface area contributed by atoms with Crippen molar-refractivity contribution < 1.29 is 14.3 Å². The van der Waals surface area contributed by atoms with Crippen LogP contribution in [-0.2, 0) is 16.1 Å². The number of para-hydroxylation sites is 1. The Morgan fingerprint density at radius 2 is 2.25 bits per heavy atom. The number of fused-ring (bicyclic) bond motifs is 5. The number of aromatic nitrogens is 1. The molecule has 0 saturated carbocycles. The first-order valence-corrected chi connectivity index (χ1v) is 9.73. The van der Waals surface area contributed by atoms with Gasteiger partial charge in [-0.25, -0.2) is 0 Å². The van der Waals surface area contributed by atoms with Crippen molar-refractivity contribution >= 4 is 29.1 Å². The third kappa shape index (κ3) is 2.56. The summed E-state index contributed by atoms with van der Waals surface area (Å²) in [5.41, 5.74) is 1.14. The Kier molecular flexibility index (Phi) is 4.14. The monoisotopic (exact) mass is 363 g/mol. The lowest BCUT2D eigenvalue weighted by Crippen LogP contribution is -2.31. The zero-order valence-electron chi connectivity index (χ0n) is 13.2. The Bertz CT molecular complexity index is 841. The number of benzene rings is 1. The van der Waals surface area contributed by atoms with Crippen LogP contribution in [0.4, 0.5) is 0 Å². The van der Waals surface area contributed by atoms with Gasteiger partial charge in [-0.05, 0) is 13.0 Å². The largest absolute Gasteiger partial charge is 0.493 e. The van der Waals surface area contributed by atoms with Gasteiger partial charge in [0, 0.05) is 28.0 Å². The molecule has 2 aliphatic rings. The molecule has 0 unspecified atom stereocenters. The summed E-state index contributed by atoms with van der Waals surface area (Å²) in [5.74, 6) is 1.94. The van der Waals surface area contributed by atoms with Crippen LogP contribution in [0, 0.1) is 5.92 Å². The maximum Gasteiger partial charge on any atom is 0.326 e. The average molecular weight is 363 g/mol. The van der Waals surface area contributed by atoms with Crippen molar-refractivity contribution in [3.63, 3.8) is 0 Å². The normalized spacial score (nSPS) is 21.2. The van der Waals surface area contributed by atoms with E-state index in [0.717, 1.165) is 27.0 Å². The van der Waals surface area contributed by atoms with Crippen LogP contribution in [0.25, 0.3) is 0 Å². The summed E-state index contributed by atoms with van der Waals surface area (Å²) in [7, 11) is 0. The summed E-state index contributed by atoms with van der Waals surface area (Å²) in [6, 6.07) is 8.02. The van der Waals surface area contributed by atoms with Crippen LogP contribution in [0.1, 0.15) is 23.3 Å². The highest BCUT2D eigenvalue weighted by atomic mass is 32.2. The Hall–Kier alpha value is -1.73. The van der Waals surface area contributed by atoms with Crippen LogP contribution < -0.4 is 9.61 Å². The molecule has 1 aromatic carbocycles. The predicted molar refractivity (Wildman–Crippen MR) is 93.2 cm³/mol. The van der Waals surface area contributed by atoms with E-state index in [-0.39, 0.29) is 23.3 Å². The van der Waals surface area contributed by atoms with Crippen LogP contribution in [0.5, 0.6) is 5.75 Å². The molecule has 0 spiro atoms. The zero-order chi connectivity index (χ0) is 16.7. The van der Waals surface area contributed by atoms with Gasteiger partial charge in [-0.3, -0.25) is 14.2 Å². The Morgan fingerprint density at radius 3 is 3.08 bits per heavy atom. The molecule has 0 radical (unpaired) electrons. The van der Waals surface area contributed by atoms with E-state index in [4.69, 9.17) is 9.47 Å². The van der Waals surface area contributed by atoms with Gasteiger partial charge in [0.15, 0.2) is 0 Å². The first-order chi connectivity index (χ1) is 11.7. The molecule has 2 aromatic rings. The van der Waals surface area contributed by atoms with E-state index >= 15 is 0 Å². The Morgan fingerprint density at radius 1 is 1.42 bits per heavy atom. The molecule has 0 fully saturated rings. The molecule has 0 amide bonds. The van der Waals surface area contributed by atoms with E-state index in [9.17, 15) is 9.59 Å². The maximum atomic E-state index is 12.5. The summed E-state index contributed by atoms with van der Waals surface area (Å²) in [4.78, 5) is 25.2. The summed E-state index contributed by atoms with van der Waals surface area (Å²) in [6.07, 6.45) is 0. The number of ether oxygens (including phenoxy) is 2. The molecule has 1 aromatic heterocycles. The van der Waals surface area contributed by atoms with Crippen LogP contribution in [-0.4, -0.2) is 29.5 Å². The highest BCUT2D eigenvalue weighted by Gasteiger charge is 2.39. The third-order valence-corrected chi connectivity index (χ3v) is 6.86. The number of esters is 1. The molecule has 0 saturated heterocycles. The minimum atomic E-state index is -0.365. The molecule has 0 aliphatic carbocycles. The lowest BCUT2D eigenvalue weighted by molar-refractivity contribution is -0.144. The van der Waals surface area contributed by atoms with Gasteiger partial charge in [-0.15, -0.1) is 11.8 Å². The summed E-state index contributed by atoms with van der Waals surface area (Å²) in [6.45, 7) is 2.74. The fourth-order valence-corrected chi connectivity index (χ4v) is 6.02. The topological polar surface area (TPSA) is 57.5 Å². The molecule has 4 rings (SSSR count). The Labute approximate surface area is 147 Å². The van der Waals surface area contributed by atoms with Gasteiger partial charge in [0.1, 0.15) is 12.3 Å². The minimum Gasteiger partial charge on any atom is -0.493 e. The molecule has 3 heterocycles. The molecule has 2 atom stereocenters. The lowest BCUT2D eigenvalue weighted by atomic mass is 9.84. The van der Waals surface area contributed by atoms with Crippen molar-refractivity contribution in [1.29, 1.82) is 0 Å². The van der Waals surface area contributed by atoms with Crippen LogP contribution in [0.15, 0.2) is 34.1 Å². The van der Waals surface area contributed by atoms with E-state index < -0.39 is 0 Å². The van der Waals surface area contributed by atoms with Gasteiger partial charge in [0.05, 0.1) is 18.2 Å². The van der Waals surface area contributed by atoms with Crippen molar-refractivity contribution in [1.82, 2.24) is 4.57 Å². The standard InChI is InChI=1S/C17H17NO4S2/c1-2-21-13(19)7-18-16-15(24-17(18)20)14-10(9-23-16)8-22-12-6-4-3-5-11(12)14/h3-6,10,14H,2,7-9H2,1H3/t10-,14+/m0/s1. The number of hydrogen-bond acceptors (Lipinski definition) is 6. The Balaban J connectivity index is 1.77. The van der Waals surface area contributed by atoms with E-state index in [1.54, 1.807) is 23.3 Å². The molecular formula is C17H17NO4S2. The average Bonchev–Trinajstić information content (AvgIpc) is 2.90. The zero-order valence-corrected chi connectivity index (χ0v) is 14.8.